The van der Waals surface area contributed by atoms with Gasteiger partial charge in [0.25, 0.3) is 10.2 Å². The lowest BCUT2D eigenvalue weighted by Crippen LogP contribution is -2.56. The number of thioether (sulfide) groups is 1. The van der Waals surface area contributed by atoms with Crippen molar-refractivity contribution in [3.63, 3.8) is 0 Å². The second-order valence-electron chi connectivity index (χ2n) is 6.66. The molecule has 2 atom stereocenters. The van der Waals surface area contributed by atoms with Crippen molar-refractivity contribution in [2.45, 2.75) is 43.8 Å². The van der Waals surface area contributed by atoms with Crippen molar-refractivity contribution in [1.82, 2.24) is 18.8 Å². The monoisotopic (exact) mass is 423 g/mol. The normalized spacial score (nSPS) is 22.1. The number of carbonyl (C=O) groups is 1. The van der Waals surface area contributed by atoms with Gasteiger partial charge in [-0.3, -0.25) is 9.48 Å². The summed E-state index contributed by atoms with van der Waals surface area (Å²) in [6.45, 7) is 4.50. The number of hydrogen-bond acceptors (Lipinski definition) is 5. The molecule has 2 heterocycles. The topological polar surface area (TPSA) is 96.3 Å². The molecule has 2 N–H and O–H groups in total. The summed E-state index contributed by atoms with van der Waals surface area (Å²) in [5.74, 6) is -0.348. The molecule has 152 valence electrons. The van der Waals surface area contributed by atoms with Gasteiger partial charge in [-0.2, -0.15) is 22.5 Å². The highest BCUT2D eigenvalue weighted by Crippen LogP contribution is 2.31. The number of aryl methyl sites for hydroxylation is 2. The van der Waals surface area contributed by atoms with E-state index < -0.39 is 22.3 Å². The summed E-state index contributed by atoms with van der Waals surface area (Å²) in [4.78, 5) is 13.9. The van der Waals surface area contributed by atoms with Crippen molar-refractivity contribution in [2.24, 2.45) is 0 Å². The first kappa shape index (κ1) is 20.8. The van der Waals surface area contributed by atoms with Crippen molar-refractivity contribution >= 4 is 33.6 Å². The average Bonchev–Trinajstić information content (AvgIpc) is 3.05. The zero-order valence-corrected chi connectivity index (χ0v) is 18.0. The van der Waals surface area contributed by atoms with Crippen molar-refractivity contribution in [1.29, 1.82) is 0 Å². The van der Waals surface area contributed by atoms with Crippen molar-refractivity contribution in [2.75, 3.05) is 18.6 Å². The van der Waals surface area contributed by atoms with Gasteiger partial charge in [0.15, 0.2) is 0 Å². The molecule has 1 fully saturated rings. The van der Waals surface area contributed by atoms with Crippen LogP contribution in [0.3, 0.4) is 0 Å². The van der Waals surface area contributed by atoms with Crippen LogP contribution in [0.25, 0.3) is 0 Å². The van der Waals surface area contributed by atoms with Crippen LogP contribution in [0.5, 0.6) is 0 Å². The van der Waals surface area contributed by atoms with Crippen LogP contribution in [0, 0.1) is 6.92 Å². The number of hydrogen-bond donors (Lipinski definition) is 2. The van der Waals surface area contributed by atoms with Crippen LogP contribution in [-0.2, 0) is 21.5 Å². The Morgan fingerprint density at radius 1 is 1.39 bits per heavy atom. The Hall–Kier alpha value is -1.88. The van der Waals surface area contributed by atoms with Crippen LogP contribution >= 0.6 is 11.8 Å². The fraction of sp³-hybridized carbons (Fsp3) is 0.444. The molecule has 0 aliphatic carbocycles. The van der Waals surface area contributed by atoms with Crippen molar-refractivity contribution < 1.29 is 13.2 Å². The Kier molecular flexibility index (Phi) is 6.13. The largest absolute Gasteiger partial charge is 0.324 e. The van der Waals surface area contributed by atoms with Gasteiger partial charge in [-0.25, -0.2) is 0 Å². The van der Waals surface area contributed by atoms with Gasteiger partial charge in [-0.15, -0.1) is 11.8 Å². The maximum Gasteiger partial charge on any atom is 0.280 e. The molecule has 8 nitrogen and oxygen atoms in total. The van der Waals surface area contributed by atoms with Gasteiger partial charge in [-0.1, -0.05) is 12.1 Å². The van der Waals surface area contributed by atoms with E-state index in [2.05, 4.69) is 15.1 Å². The summed E-state index contributed by atoms with van der Waals surface area (Å²) >= 11 is 1.52. The summed E-state index contributed by atoms with van der Waals surface area (Å²) < 4.78 is 30.8. The molecule has 1 aromatic carbocycles. The van der Waals surface area contributed by atoms with E-state index in [1.807, 2.05) is 50.6 Å². The maximum absolute atomic E-state index is 13.0. The summed E-state index contributed by atoms with van der Waals surface area (Å²) in [6.07, 6.45) is 4.08. The molecular formula is C18H25N5O3S2. The number of likely N-dealkylation sites (N-methyl/N-ethyl adjacent to an activating group) is 1. The van der Waals surface area contributed by atoms with Crippen LogP contribution in [-0.4, -0.2) is 47.8 Å². The molecule has 28 heavy (non-hydrogen) atoms. The van der Waals surface area contributed by atoms with Gasteiger partial charge in [0.1, 0.15) is 6.04 Å². The molecule has 0 bridgehead atoms. The minimum absolute atomic E-state index is 0.319. The number of carbonyl (C=O) groups excluding carboxylic acids is 1. The Morgan fingerprint density at radius 2 is 2.11 bits per heavy atom. The van der Waals surface area contributed by atoms with Gasteiger partial charge >= 0.3 is 0 Å². The van der Waals surface area contributed by atoms with E-state index in [-0.39, 0.29) is 5.91 Å². The minimum Gasteiger partial charge on any atom is -0.324 e. The van der Waals surface area contributed by atoms with E-state index in [9.17, 15) is 13.2 Å². The average molecular weight is 424 g/mol. The summed E-state index contributed by atoms with van der Waals surface area (Å²) in [7, 11) is -2.37. The number of rotatable bonds is 5. The zero-order chi connectivity index (χ0) is 20.5. The summed E-state index contributed by atoms with van der Waals surface area (Å²) in [6, 6.07) is 6.13. The molecule has 3 rings (SSSR count). The van der Waals surface area contributed by atoms with Crippen molar-refractivity contribution in [3.8, 4) is 0 Å². The van der Waals surface area contributed by atoms with E-state index in [0.717, 1.165) is 20.5 Å². The molecule has 0 radical (unpaired) electrons. The zero-order valence-electron chi connectivity index (χ0n) is 16.3. The number of aromatic nitrogens is 2. The lowest BCUT2D eigenvalue weighted by molar-refractivity contribution is -0.120. The molecule has 0 spiro atoms. The number of anilines is 1. The quantitative estimate of drug-likeness (QED) is 0.719. The molecule has 10 heteroatoms. The summed E-state index contributed by atoms with van der Waals surface area (Å²) in [5.41, 5.74) is 2.22. The first-order valence-corrected chi connectivity index (χ1v) is 11.7. The third-order valence-electron chi connectivity index (χ3n) is 4.92. The highest BCUT2D eigenvalue weighted by Gasteiger charge is 2.41. The molecular weight excluding hydrogens is 398 g/mol. The highest BCUT2D eigenvalue weighted by molar-refractivity contribution is 7.98. The second-order valence-corrected chi connectivity index (χ2v) is 9.27. The van der Waals surface area contributed by atoms with Gasteiger partial charge < -0.3 is 5.32 Å². The molecule has 0 unspecified atom stereocenters. The molecule has 1 aliphatic heterocycles. The number of amides is 1. The standard InChI is InChI=1S/C18H25N5O3S2/c1-5-23-11-13(12(2)20-23)15-10-16(22(3)28(25,26)21-15)18(24)19-14-8-6-7-9-17(14)27-4/h6-9,11,15-16,21H,5,10H2,1-4H3,(H,19,24)/t15-,16+/m0/s1. The number of nitrogens with zero attached hydrogens (tertiary/aromatic N) is 3. The lowest BCUT2D eigenvalue weighted by Gasteiger charge is -2.36. The Balaban J connectivity index is 1.88. The fourth-order valence-corrected chi connectivity index (χ4v) is 5.13. The first-order chi connectivity index (χ1) is 13.3. The smallest absolute Gasteiger partial charge is 0.280 e. The van der Waals surface area contributed by atoms with E-state index in [0.29, 0.717) is 18.7 Å². The van der Waals surface area contributed by atoms with Crippen LogP contribution in [0.15, 0.2) is 35.4 Å². The second kappa shape index (κ2) is 8.24. The highest BCUT2D eigenvalue weighted by atomic mass is 32.2. The number of para-hydroxylation sites is 1. The summed E-state index contributed by atoms with van der Waals surface area (Å²) in [5, 5.41) is 7.28. The number of nitrogens with one attached hydrogen (secondary N) is 2. The van der Waals surface area contributed by atoms with Crippen LogP contribution in [0.1, 0.15) is 30.6 Å². The van der Waals surface area contributed by atoms with Gasteiger partial charge in [0, 0.05) is 30.2 Å². The fourth-order valence-electron chi connectivity index (χ4n) is 3.31. The predicted molar refractivity (Wildman–Crippen MR) is 110 cm³/mol. The molecule has 1 aliphatic rings. The lowest BCUT2D eigenvalue weighted by atomic mass is 10.00. The van der Waals surface area contributed by atoms with E-state index in [1.54, 1.807) is 4.68 Å². The van der Waals surface area contributed by atoms with Gasteiger partial charge in [0.05, 0.1) is 17.4 Å². The van der Waals surface area contributed by atoms with Gasteiger partial charge in [0.2, 0.25) is 5.91 Å². The van der Waals surface area contributed by atoms with E-state index >= 15 is 0 Å². The molecule has 1 saturated heterocycles. The SMILES string of the molecule is CCn1cc([C@@H]2C[C@H](C(=O)Nc3ccccc3SC)N(C)S(=O)(=O)N2)c(C)n1. The van der Waals surface area contributed by atoms with Crippen LogP contribution in [0.4, 0.5) is 5.69 Å². The molecule has 2 aromatic rings. The third-order valence-corrected chi connectivity index (χ3v) is 7.31. The Bertz CT molecular complexity index is 973. The molecule has 0 saturated carbocycles. The third kappa shape index (κ3) is 4.09. The first-order valence-electron chi connectivity index (χ1n) is 9.00. The Morgan fingerprint density at radius 3 is 2.75 bits per heavy atom. The van der Waals surface area contributed by atoms with E-state index in [4.69, 9.17) is 0 Å². The van der Waals surface area contributed by atoms with Gasteiger partial charge in [-0.05, 0) is 38.7 Å². The number of benzene rings is 1. The van der Waals surface area contributed by atoms with Crippen LogP contribution in [0.2, 0.25) is 0 Å². The molecule has 1 amide bonds. The van der Waals surface area contributed by atoms with Crippen molar-refractivity contribution in [3.05, 3.63) is 41.7 Å². The van der Waals surface area contributed by atoms with Crippen LogP contribution < -0.4 is 10.0 Å². The predicted octanol–water partition coefficient (Wildman–Crippen LogP) is 2.15. The maximum atomic E-state index is 13.0. The van der Waals surface area contributed by atoms with E-state index in [1.165, 1.54) is 18.8 Å². The minimum atomic E-state index is -3.79. The Labute approximate surface area is 169 Å². The molecule has 1 aromatic heterocycles.